The fourth-order valence-electron chi connectivity index (χ4n) is 22.7. The average molecular weight is 1900 g/mol. The number of hydrogen-bond acceptors (Lipinski definition) is 9. The minimum absolute atomic E-state index is 0.872. The van der Waals surface area contributed by atoms with Crippen LogP contribution < -0.4 is 29.4 Å². The van der Waals surface area contributed by atoms with Crippen molar-refractivity contribution in [1.29, 1.82) is 0 Å². The topological polar surface area (TPSA) is 45.7 Å². The van der Waals surface area contributed by atoms with Crippen LogP contribution in [0, 0.1) is 0 Å². The van der Waals surface area contributed by atoms with Crippen molar-refractivity contribution >= 4 is 210 Å². The molecule has 0 atom stereocenters. The van der Waals surface area contributed by atoms with Crippen molar-refractivity contribution in [2.24, 2.45) is 0 Å². The number of nitrogens with zero attached hydrogens (tertiary/aromatic N) is 6. The van der Waals surface area contributed by atoms with Crippen molar-refractivity contribution in [1.82, 2.24) is 0 Å². The van der Waals surface area contributed by atoms with E-state index in [1.807, 2.05) is 35.6 Å². The zero-order chi connectivity index (χ0) is 96.9. The van der Waals surface area contributed by atoms with Crippen LogP contribution in [0.3, 0.4) is 0 Å². The number of thiophene rings is 1. The van der Waals surface area contributed by atoms with Crippen LogP contribution in [0.5, 0.6) is 0 Å². The van der Waals surface area contributed by atoms with Gasteiger partial charge in [0.25, 0.3) is 0 Å². The Bertz CT molecular complexity index is 9380. The first-order valence-electron chi connectivity index (χ1n) is 50.1. The number of rotatable bonds is 15. The molecular formula is C138H90N6O2S. The van der Waals surface area contributed by atoms with E-state index in [0.29, 0.717) is 0 Å². The Kier molecular flexibility index (Phi) is 21.0. The van der Waals surface area contributed by atoms with Gasteiger partial charge in [-0.05, 0) is 244 Å². The van der Waals surface area contributed by atoms with E-state index in [0.717, 1.165) is 112 Å². The first-order chi connectivity index (χ1) is 72.9. The van der Waals surface area contributed by atoms with Crippen LogP contribution in [0.1, 0.15) is 0 Å². The summed E-state index contributed by atoms with van der Waals surface area (Å²) < 4.78 is 15.3. The van der Waals surface area contributed by atoms with Crippen molar-refractivity contribution in [2.75, 3.05) is 29.4 Å². The molecule has 690 valence electrons. The molecule has 0 amide bonds. The Labute approximate surface area is 854 Å². The molecular weight excluding hydrogens is 1810 g/mol. The van der Waals surface area contributed by atoms with E-state index in [-0.39, 0.29) is 0 Å². The fourth-order valence-corrected chi connectivity index (χ4v) is 23.8. The molecule has 0 saturated heterocycles. The summed E-state index contributed by atoms with van der Waals surface area (Å²) in [6.45, 7) is 0. The summed E-state index contributed by atoms with van der Waals surface area (Å²) in [4.78, 5) is 14.4. The quantitative estimate of drug-likeness (QED) is 0.101. The van der Waals surface area contributed by atoms with Crippen LogP contribution in [0.15, 0.2) is 555 Å². The second-order valence-electron chi connectivity index (χ2n) is 37.6. The molecule has 0 spiro atoms. The predicted octanol–water partition coefficient (Wildman–Crippen LogP) is 40.4. The van der Waals surface area contributed by atoms with Gasteiger partial charge in [0.1, 0.15) is 22.3 Å². The van der Waals surface area contributed by atoms with Crippen molar-refractivity contribution < 1.29 is 8.83 Å². The molecule has 9 heteroatoms. The van der Waals surface area contributed by atoms with Crippen LogP contribution in [0.4, 0.5) is 102 Å². The largest absolute Gasteiger partial charge is 0.456 e. The normalized spacial score (nSPS) is 12.0. The molecule has 3 aromatic heterocycles. The van der Waals surface area contributed by atoms with Gasteiger partial charge in [0.2, 0.25) is 0 Å². The van der Waals surface area contributed by atoms with Crippen molar-refractivity contribution in [3.8, 4) is 66.8 Å². The highest BCUT2D eigenvalue weighted by Gasteiger charge is 2.34. The third-order valence-electron chi connectivity index (χ3n) is 29.3. The van der Waals surface area contributed by atoms with Gasteiger partial charge in [0, 0.05) is 148 Å². The van der Waals surface area contributed by atoms with Gasteiger partial charge in [-0.2, -0.15) is 0 Å². The fraction of sp³-hybridized carbons (Fsp3) is 0. The number of para-hydroxylation sites is 8. The molecule has 24 aromatic carbocycles. The molecule has 0 saturated carbocycles. The first-order valence-corrected chi connectivity index (χ1v) is 50.9. The van der Waals surface area contributed by atoms with E-state index in [2.05, 4.69) is 551 Å². The zero-order valence-corrected chi connectivity index (χ0v) is 80.7. The van der Waals surface area contributed by atoms with Gasteiger partial charge in [-0.3, -0.25) is 0 Å². The van der Waals surface area contributed by atoms with Crippen LogP contribution in [-0.4, -0.2) is 0 Å². The molecule has 30 rings (SSSR count). The Balaban J connectivity index is 0.000000107. The third kappa shape index (κ3) is 14.8. The highest BCUT2D eigenvalue weighted by atomic mass is 32.1. The van der Waals surface area contributed by atoms with E-state index in [9.17, 15) is 0 Å². The summed E-state index contributed by atoms with van der Waals surface area (Å²) >= 11 is 1.86. The third-order valence-corrected chi connectivity index (χ3v) is 30.5. The lowest BCUT2D eigenvalue weighted by Crippen LogP contribution is -2.16. The minimum Gasteiger partial charge on any atom is -0.456 e. The second kappa shape index (κ2) is 36.0. The monoisotopic (exact) mass is 1890 g/mol. The van der Waals surface area contributed by atoms with Gasteiger partial charge in [-0.1, -0.05) is 346 Å². The standard InChI is InChI=1S/2C46H30N2O.C46H30N2S/c1-3-12-31(13-4-1)32-22-24-34(25-23-32)47(35-26-29-45-40(30-35)37-17-8-10-21-44(37)49-45)42-28-27-38-36-16-7-9-19-41(36)48(33-14-5-2-6-15-33)43-20-11-18-39(42)46(38)43;1-3-12-31(13-4-1)32-22-24-34(25-23-32)47(35-26-27-38-37-17-8-10-21-44(37)49-45(38)30-35)42-29-28-39-36-16-7-9-19-41(36)48(33-14-5-2-6-15-33)43-20-11-18-40(42)46(39)43;1-3-12-31(13-4-1)32-22-24-34(25-23-32)47(35-26-29-45-40(30-35)37-17-8-10-21-44(37)49-45)42-28-27-38-36-16-7-9-19-41(36)48(33-14-5-2-6-15-33)43-20-11-18-39(42)46(38)43/h3*1-30H. The van der Waals surface area contributed by atoms with Gasteiger partial charge in [-0.25, -0.2) is 0 Å². The van der Waals surface area contributed by atoms with Gasteiger partial charge in [0.05, 0.1) is 51.2 Å². The lowest BCUT2D eigenvalue weighted by Gasteiger charge is -2.35. The molecule has 8 nitrogen and oxygen atoms in total. The van der Waals surface area contributed by atoms with Crippen LogP contribution >= 0.6 is 11.3 Å². The van der Waals surface area contributed by atoms with E-state index in [4.69, 9.17) is 8.83 Å². The Morgan fingerprint density at radius 3 is 0.850 bits per heavy atom. The van der Waals surface area contributed by atoms with Crippen molar-refractivity contribution in [2.45, 2.75) is 0 Å². The van der Waals surface area contributed by atoms with Crippen LogP contribution in [-0.2, 0) is 0 Å². The summed E-state index contributed by atoms with van der Waals surface area (Å²) in [7, 11) is 0. The molecule has 147 heavy (non-hydrogen) atoms. The maximum absolute atomic E-state index is 6.41. The Morgan fingerprint density at radius 2 is 0.435 bits per heavy atom. The SMILES string of the molecule is c1ccc(-c2ccc(N(c3ccc4c(c3)oc3ccccc34)c3ccc4c5c(cccc35)N(c3ccccc3)c3ccccc3-4)cc2)cc1.c1ccc(-c2ccc(N(c3ccc4oc5ccccc5c4c3)c3ccc4c5c(cccc35)N(c3ccccc3)c3ccccc3-4)cc2)cc1.c1ccc(-c2ccc(N(c3ccc4sc5ccccc5c4c3)c3ccc4c5c(cccc35)N(c3ccccc3)c3ccccc3-4)cc2)cc1. The molecule has 6 heterocycles. The Hall–Kier alpha value is -19.3. The molecule has 0 fully saturated rings. The van der Waals surface area contributed by atoms with Gasteiger partial charge < -0.3 is 38.2 Å². The van der Waals surface area contributed by atoms with Crippen molar-refractivity contribution in [3.05, 3.63) is 546 Å². The number of furan rings is 2. The molecule has 0 unspecified atom stereocenters. The number of hydrogen-bond donors (Lipinski definition) is 0. The van der Waals surface area contributed by atoms with Gasteiger partial charge >= 0.3 is 0 Å². The summed E-state index contributed by atoms with van der Waals surface area (Å²) in [5, 5.41) is 14.4. The molecule has 0 N–H and O–H groups in total. The zero-order valence-electron chi connectivity index (χ0n) is 79.9. The summed E-state index contributed by atoms with van der Waals surface area (Å²) in [5.74, 6) is 0. The lowest BCUT2D eigenvalue weighted by atomic mass is 9.89. The molecule has 0 aliphatic carbocycles. The first kappa shape index (κ1) is 85.6. The number of anilines is 18. The van der Waals surface area contributed by atoms with E-state index in [1.54, 1.807) is 0 Å². The molecule has 3 aliphatic heterocycles. The van der Waals surface area contributed by atoms with Gasteiger partial charge in [-0.15, -0.1) is 11.3 Å². The van der Waals surface area contributed by atoms with E-state index >= 15 is 0 Å². The highest BCUT2D eigenvalue weighted by Crippen LogP contribution is 2.59. The minimum atomic E-state index is 0.872. The lowest BCUT2D eigenvalue weighted by molar-refractivity contribution is 0.668. The maximum atomic E-state index is 6.41. The number of benzene rings is 24. The summed E-state index contributed by atoms with van der Waals surface area (Å²) in [5.41, 5.74) is 38.6. The molecule has 0 bridgehead atoms. The van der Waals surface area contributed by atoms with E-state index in [1.165, 1.54) is 153 Å². The van der Waals surface area contributed by atoms with Crippen LogP contribution in [0.2, 0.25) is 0 Å². The average Bonchev–Trinajstić information content (AvgIpc) is 0.746. The summed E-state index contributed by atoms with van der Waals surface area (Å²) in [6, 6.07) is 196. The second-order valence-corrected chi connectivity index (χ2v) is 38.7. The maximum Gasteiger partial charge on any atom is 0.137 e. The Morgan fingerprint density at radius 1 is 0.156 bits per heavy atom. The van der Waals surface area contributed by atoms with Crippen molar-refractivity contribution in [3.63, 3.8) is 0 Å². The van der Waals surface area contributed by atoms with Crippen LogP contribution in [0.25, 0.3) is 163 Å². The predicted molar refractivity (Wildman–Crippen MR) is 621 cm³/mol. The molecule has 0 radical (unpaired) electrons. The molecule has 27 aromatic rings. The van der Waals surface area contributed by atoms with Gasteiger partial charge in [0.15, 0.2) is 0 Å². The smallest absolute Gasteiger partial charge is 0.137 e. The molecule has 3 aliphatic rings. The highest BCUT2D eigenvalue weighted by molar-refractivity contribution is 7.25. The van der Waals surface area contributed by atoms with E-state index < -0.39 is 0 Å². The summed E-state index contributed by atoms with van der Waals surface area (Å²) in [6.07, 6.45) is 0. The number of fused-ring (bicyclic) bond motifs is 15.